The number of nitrogens with zero attached hydrogens (tertiary/aromatic N) is 4. The molecule has 0 radical (unpaired) electrons. The Bertz CT molecular complexity index is 1090. The molecule has 2 aromatic carbocycles. The highest BCUT2D eigenvalue weighted by molar-refractivity contribution is 5.97. The summed E-state index contributed by atoms with van der Waals surface area (Å²) >= 11 is 0. The lowest BCUT2D eigenvalue weighted by Gasteiger charge is -2.27. The van der Waals surface area contributed by atoms with Gasteiger partial charge in [0.05, 0.1) is 36.5 Å². The van der Waals surface area contributed by atoms with Crippen LogP contribution in [0.25, 0.3) is 11.0 Å². The van der Waals surface area contributed by atoms with Crippen molar-refractivity contribution in [3.63, 3.8) is 0 Å². The van der Waals surface area contributed by atoms with Crippen LogP contribution in [0.1, 0.15) is 25.1 Å². The number of carbonyl (C=O) groups is 1. The lowest BCUT2D eigenvalue weighted by atomic mass is 10.1. The van der Waals surface area contributed by atoms with E-state index in [0.29, 0.717) is 19.6 Å². The quantitative estimate of drug-likeness (QED) is 0.571. The number of anilines is 1. The summed E-state index contributed by atoms with van der Waals surface area (Å²) in [6, 6.07) is 16.1. The van der Waals surface area contributed by atoms with Crippen molar-refractivity contribution >= 4 is 22.6 Å². The van der Waals surface area contributed by atoms with Crippen molar-refractivity contribution in [3.05, 3.63) is 54.4 Å². The Hall–Kier alpha value is -2.90. The molecule has 0 saturated carbocycles. The summed E-state index contributed by atoms with van der Waals surface area (Å²) in [5, 5.41) is 0. The van der Waals surface area contributed by atoms with Gasteiger partial charge in [-0.05, 0) is 31.2 Å². The molecule has 2 fully saturated rings. The molecule has 0 bridgehead atoms. The number of morpholine rings is 1. The van der Waals surface area contributed by atoms with E-state index in [0.717, 1.165) is 67.7 Å². The average Bonchev–Trinajstić information content (AvgIpc) is 3.39. The third-order valence-corrected chi connectivity index (χ3v) is 6.37. The standard InChI is InChI=1S/C25H30N4O3/c1-2-32-23-10-6-5-9-22(23)29-18-19(17-24(29)30)25-26-20-7-3-4-8-21(20)28(25)12-11-27-13-15-31-16-14-27/h3-10,19H,2,11-18H2,1H3/t19-/m0/s1. The minimum atomic E-state index is 0.0503. The first kappa shape index (κ1) is 21.0. The average molecular weight is 435 g/mol. The predicted molar refractivity (Wildman–Crippen MR) is 124 cm³/mol. The Morgan fingerprint density at radius 1 is 1.06 bits per heavy atom. The normalized spacial score (nSPS) is 19.7. The number of rotatable bonds is 7. The van der Waals surface area contributed by atoms with Crippen LogP contribution >= 0.6 is 0 Å². The molecule has 7 heteroatoms. The number of amides is 1. The predicted octanol–water partition coefficient (Wildman–Crippen LogP) is 3.29. The Kier molecular flexibility index (Phi) is 6.10. The fraction of sp³-hybridized carbons (Fsp3) is 0.440. The largest absolute Gasteiger partial charge is 0.492 e. The van der Waals surface area contributed by atoms with E-state index >= 15 is 0 Å². The van der Waals surface area contributed by atoms with Crippen LogP contribution < -0.4 is 9.64 Å². The van der Waals surface area contributed by atoms with Crippen molar-refractivity contribution in [3.8, 4) is 5.75 Å². The zero-order valence-electron chi connectivity index (χ0n) is 18.6. The van der Waals surface area contributed by atoms with Crippen molar-refractivity contribution in [2.75, 3.05) is 50.9 Å². The van der Waals surface area contributed by atoms with Crippen molar-refractivity contribution < 1.29 is 14.3 Å². The van der Waals surface area contributed by atoms with Gasteiger partial charge in [0.25, 0.3) is 0 Å². The third-order valence-electron chi connectivity index (χ3n) is 6.37. The molecular formula is C25H30N4O3. The molecule has 7 nitrogen and oxygen atoms in total. The first-order valence-electron chi connectivity index (χ1n) is 11.5. The molecule has 168 valence electrons. The molecule has 0 N–H and O–H groups in total. The molecule has 1 aromatic heterocycles. The van der Waals surface area contributed by atoms with Gasteiger partial charge in [0.1, 0.15) is 11.6 Å². The van der Waals surface area contributed by atoms with Gasteiger partial charge in [-0.2, -0.15) is 0 Å². The molecular weight excluding hydrogens is 404 g/mol. The molecule has 3 heterocycles. The molecule has 2 aliphatic rings. The summed E-state index contributed by atoms with van der Waals surface area (Å²) in [5.74, 6) is 1.93. The minimum Gasteiger partial charge on any atom is -0.492 e. The smallest absolute Gasteiger partial charge is 0.227 e. The van der Waals surface area contributed by atoms with Crippen molar-refractivity contribution in [2.24, 2.45) is 0 Å². The molecule has 3 aromatic rings. The molecule has 0 spiro atoms. The zero-order chi connectivity index (χ0) is 21.9. The summed E-state index contributed by atoms with van der Waals surface area (Å²) in [6.45, 7) is 8.47. The van der Waals surface area contributed by atoms with Crippen LogP contribution in [-0.2, 0) is 16.1 Å². The number of fused-ring (bicyclic) bond motifs is 1. The Balaban J connectivity index is 1.42. The highest BCUT2D eigenvalue weighted by Crippen LogP contribution is 2.37. The molecule has 2 aliphatic heterocycles. The molecule has 1 atom stereocenters. The number of hydrogen-bond donors (Lipinski definition) is 0. The lowest BCUT2D eigenvalue weighted by Crippen LogP contribution is -2.38. The van der Waals surface area contributed by atoms with Crippen LogP contribution in [0.15, 0.2) is 48.5 Å². The summed E-state index contributed by atoms with van der Waals surface area (Å²) in [6.07, 6.45) is 0.460. The number of benzene rings is 2. The first-order chi connectivity index (χ1) is 15.7. The van der Waals surface area contributed by atoms with Crippen LogP contribution in [0.4, 0.5) is 5.69 Å². The monoisotopic (exact) mass is 434 g/mol. The molecule has 5 rings (SSSR count). The van der Waals surface area contributed by atoms with E-state index in [1.54, 1.807) is 0 Å². The summed E-state index contributed by atoms with van der Waals surface area (Å²) in [5.41, 5.74) is 2.97. The Morgan fingerprint density at radius 3 is 2.69 bits per heavy atom. The third kappa shape index (κ3) is 4.10. The highest BCUT2D eigenvalue weighted by atomic mass is 16.5. The van der Waals surface area contributed by atoms with E-state index < -0.39 is 0 Å². The van der Waals surface area contributed by atoms with Gasteiger partial charge in [0, 0.05) is 45.1 Å². The van der Waals surface area contributed by atoms with Crippen LogP contribution in [0.2, 0.25) is 0 Å². The molecule has 1 amide bonds. The number of aromatic nitrogens is 2. The molecule has 32 heavy (non-hydrogen) atoms. The van der Waals surface area contributed by atoms with Gasteiger partial charge in [-0.25, -0.2) is 4.98 Å². The lowest BCUT2D eigenvalue weighted by molar-refractivity contribution is -0.117. The number of ether oxygens (including phenoxy) is 2. The molecule has 2 saturated heterocycles. The highest BCUT2D eigenvalue weighted by Gasteiger charge is 2.36. The fourth-order valence-electron chi connectivity index (χ4n) is 4.78. The summed E-state index contributed by atoms with van der Waals surface area (Å²) < 4.78 is 13.6. The summed E-state index contributed by atoms with van der Waals surface area (Å²) in [7, 11) is 0. The van der Waals surface area contributed by atoms with Gasteiger partial charge in [0.15, 0.2) is 0 Å². The maximum atomic E-state index is 13.1. The first-order valence-corrected chi connectivity index (χ1v) is 11.5. The maximum absolute atomic E-state index is 13.1. The van der Waals surface area contributed by atoms with Crippen LogP contribution in [0, 0.1) is 0 Å². The second kappa shape index (κ2) is 9.30. The summed E-state index contributed by atoms with van der Waals surface area (Å²) in [4.78, 5) is 22.3. The number of imidazole rings is 1. The number of para-hydroxylation sites is 4. The van der Waals surface area contributed by atoms with Gasteiger partial charge in [-0.3, -0.25) is 9.69 Å². The van der Waals surface area contributed by atoms with Crippen molar-refractivity contribution in [2.45, 2.75) is 25.8 Å². The van der Waals surface area contributed by atoms with Crippen molar-refractivity contribution in [1.82, 2.24) is 14.5 Å². The van der Waals surface area contributed by atoms with Gasteiger partial charge < -0.3 is 18.9 Å². The molecule has 0 unspecified atom stereocenters. The maximum Gasteiger partial charge on any atom is 0.227 e. The molecule has 0 aliphatic carbocycles. The van der Waals surface area contributed by atoms with E-state index in [1.165, 1.54) is 0 Å². The SMILES string of the molecule is CCOc1ccccc1N1C[C@@H](c2nc3ccccc3n2CCN2CCOCC2)CC1=O. The van der Waals surface area contributed by atoms with E-state index in [2.05, 4.69) is 27.7 Å². The van der Waals surface area contributed by atoms with E-state index in [1.807, 2.05) is 42.2 Å². The second-order valence-electron chi connectivity index (χ2n) is 8.37. The topological polar surface area (TPSA) is 59.8 Å². The van der Waals surface area contributed by atoms with Crippen molar-refractivity contribution in [1.29, 1.82) is 0 Å². The van der Waals surface area contributed by atoms with Gasteiger partial charge in [0.2, 0.25) is 5.91 Å². The Labute approximate surface area is 188 Å². The van der Waals surface area contributed by atoms with E-state index in [9.17, 15) is 4.79 Å². The second-order valence-corrected chi connectivity index (χ2v) is 8.37. The van der Waals surface area contributed by atoms with Crippen LogP contribution in [0.5, 0.6) is 5.75 Å². The number of hydrogen-bond acceptors (Lipinski definition) is 5. The van der Waals surface area contributed by atoms with Gasteiger partial charge in [-0.1, -0.05) is 24.3 Å². The van der Waals surface area contributed by atoms with Crippen LogP contribution in [0.3, 0.4) is 0 Å². The van der Waals surface area contributed by atoms with Gasteiger partial charge in [-0.15, -0.1) is 0 Å². The van der Waals surface area contributed by atoms with Gasteiger partial charge >= 0.3 is 0 Å². The minimum absolute atomic E-state index is 0.0503. The van der Waals surface area contributed by atoms with Crippen LogP contribution in [-0.4, -0.2) is 66.4 Å². The Morgan fingerprint density at radius 2 is 1.84 bits per heavy atom. The van der Waals surface area contributed by atoms with E-state index in [4.69, 9.17) is 14.5 Å². The fourth-order valence-corrected chi connectivity index (χ4v) is 4.78. The zero-order valence-corrected chi connectivity index (χ0v) is 18.6. The van der Waals surface area contributed by atoms with E-state index in [-0.39, 0.29) is 11.8 Å². The number of carbonyl (C=O) groups excluding carboxylic acids is 1.